The van der Waals surface area contributed by atoms with Crippen molar-refractivity contribution in [2.45, 2.75) is 97.0 Å². The summed E-state index contributed by atoms with van der Waals surface area (Å²) in [5.74, 6) is 4.65. The lowest BCUT2D eigenvalue weighted by Crippen LogP contribution is -2.52. The van der Waals surface area contributed by atoms with E-state index in [1.165, 1.54) is 51.4 Å². The number of rotatable bonds is 1. The Labute approximate surface area is 149 Å². The Morgan fingerprint density at radius 2 is 1.83 bits per heavy atom. The third-order valence-electron chi connectivity index (χ3n) is 9.19. The summed E-state index contributed by atoms with van der Waals surface area (Å²) in [7, 11) is 0. The van der Waals surface area contributed by atoms with Gasteiger partial charge in [0.15, 0.2) is 0 Å². The van der Waals surface area contributed by atoms with Crippen molar-refractivity contribution in [1.29, 1.82) is 0 Å². The molecule has 0 unspecified atom stereocenters. The smallest absolute Gasteiger partial charge is 0.0648 e. The first-order valence-corrected chi connectivity index (χ1v) is 10.9. The van der Waals surface area contributed by atoms with E-state index < -0.39 is 0 Å². The van der Waals surface area contributed by atoms with Crippen LogP contribution in [0.15, 0.2) is 11.6 Å². The Hall–Kier alpha value is -0.300. The van der Waals surface area contributed by atoms with E-state index >= 15 is 0 Å². The molecule has 0 aromatic heterocycles. The fraction of sp³-hybridized carbons (Fsp3) is 0.913. The second kappa shape index (κ2) is 6.15. The van der Waals surface area contributed by atoms with Crippen LogP contribution in [0.1, 0.15) is 91.4 Å². The Morgan fingerprint density at radius 1 is 1.04 bits per heavy atom. The molecule has 0 spiro atoms. The van der Waals surface area contributed by atoms with Crippen LogP contribution in [0, 0.1) is 35.0 Å². The molecule has 136 valence electrons. The molecule has 0 amide bonds. The Kier molecular flexibility index (Phi) is 4.39. The summed E-state index contributed by atoms with van der Waals surface area (Å²) in [5, 5.41) is 10.8. The van der Waals surface area contributed by atoms with Gasteiger partial charge in [-0.2, -0.15) is 0 Å². The summed E-state index contributed by atoms with van der Waals surface area (Å²) in [4.78, 5) is 0. The third-order valence-corrected chi connectivity index (χ3v) is 9.19. The van der Waals surface area contributed by atoms with Crippen LogP contribution in [0.5, 0.6) is 0 Å². The van der Waals surface area contributed by atoms with Crippen LogP contribution in [0.4, 0.5) is 0 Å². The molecule has 4 rings (SSSR count). The van der Waals surface area contributed by atoms with Crippen LogP contribution < -0.4 is 0 Å². The van der Waals surface area contributed by atoms with E-state index in [2.05, 4.69) is 26.8 Å². The molecule has 0 bridgehead atoms. The first-order chi connectivity index (χ1) is 11.5. The second-order valence-corrected chi connectivity index (χ2v) is 9.92. The summed E-state index contributed by atoms with van der Waals surface area (Å²) >= 11 is 0. The molecule has 0 saturated heterocycles. The van der Waals surface area contributed by atoms with Crippen molar-refractivity contribution >= 4 is 0 Å². The van der Waals surface area contributed by atoms with Crippen LogP contribution in [0.25, 0.3) is 0 Å². The van der Waals surface area contributed by atoms with E-state index in [1.807, 2.05) is 0 Å². The minimum atomic E-state index is -0.333. The predicted octanol–water partition coefficient (Wildman–Crippen LogP) is 6.12. The molecule has 7 atom stereocenters. The highest BCUT2D eigenvalue weighted by Crippen LogP contribution is 2.63. The minimum absolute atomic E-state index is 0.333. The van der Waals surface area contributed by atoms with Gasteiger partial charge in [-0.1, -0.05) is 25.5 Å². The van der Waals surface area contributed by atoms with Gasteiger partial charge >= 0.3 is 0 Å². The van der Waals surface area contributed by atoms with Crippen molar-refractivity contribution in [3.05, 3.63) is 11.6 Å². The van der Waals surface area contributed by atoms with E-state index in [-0.39, 0.29) is 5.60 Å². The predicted molar refractivity (Wildman–Crippen MR) is 101 cm³/mol. The molecule has 4 aliphatic rings. The summed E-state index contributed by atoms with van der Waals surface area (Å²) < 4.78 is 0. The van der Waals surface area contributed by atoms with Gasteiger partial charge in [-0.15, -0.1) is 0 Å². The minimum Gasteiger partial charge on any atom is -0.390 e. The molecule has 0 radical (unpaired) electrons. The molecule has 1 nitrogen and oxygen atoms in total. The van der Waals surface area contributed by atoms with Gasteiger partial charge in [-0.3, -0.25) is 0 Å². The zero-order valence-corrected chi connectivity index (χ0v) is 16.2. The van der Waals surface area contributed by atoms with Gasteiger partial charge < -0.3 is 5.11 Å². The highest BCUT2D eigenvalue weighted by molar-refractivity contribution is 5.20. The molecular formula is C23H38O. The Morgan fingerprint density at radius 3 is 2.58 bits per heavy atom. The molecule has 0 aromatic carbocycles. The lowest BCUT2D eigenvalue weighted by Gasteiger charge is -2.59. The number of hydrogen-bond acceptors (Lipinski definition) is 1. The standard InChI is InChI=1S/C23H38O/c1-4-17-7-6-8-21-20-10-9-16-15-23(24,5-2)14-12-18(16)19(20)11-13-22(17,21)3/h4,16,18-21,24H,5-15H2,1-3H3/b17-4-/t16-,18-,19+,20+,21-,22+,23+/m0/s1. The van der Waals surface area contributed by atoms with Gasteiger partial charge in [0.1, 0.15) is 0 Å². The first kappa shape index (κ1) is 17.1. The quantitative estimate of drug-likeness (QED) is 0.574. The number of allylic oxidation sites excluding steroid dienone is 2. The van der Waals surface area contributed by atoms with Gasteiger partial charge in [0, 0.05) is 0 Å². The maximum Gasteiger partial charge on any atom is 0.0648 e. The Balaban J connectivity index is 1.56. The molecule has 1 N–H and O–H groups in total. The van der Waals surface area contributed by atoms with Crippen molar-refractivity contribution in [2.24, 2.45) is 35.0 Å². The molecule has 0 heterocycles. The van der Waals surface area contributed by atoms with Gasteiger partial charge in [0.05, 0.1) is 5.60 Å². The summed E-state index contributed by atoms with van der Waals surface area (Å²) in [5.41, 5.74) is 1.96. The van der Waals surface area contributed by atoms with Crippen LogP contribution in [-0.4, -0.2) is 10.7 Å². The summed E-state index contributed by atoms with van der Waals surface area (Å²) in [6.45, 7) is 7.06. The van der Waals surface area contributed by atoms with E-state index in [4.69, 9.17) is 0 Å². The second-order valence-electron chi connectivity index (χ2n) is 9.92. The zero-order valence-electron chi connectivity index (χ0n) is 16.2. The van der Waals surface area contributed by atoms with Crippen molar-refractivity contribution < 1.29 is 5.11 Å². The molecule has 24 heavy (non-hydrogen) atoms. The highest BCUT2D eigenvalue weighted by atomic mass is 16.3. The van der Waals surface area contributed by atoms with Gasteiger partial charge in [0.2, 0.25) is 0 Å². The number of aliphatic hydroxyl groups is 1. The van der Waals surface area contributed by atoms with Crippen molar-refractivity contribution in [2.75, 3.05) is 0 Å². The van der Waals surface area contributed by atoms with Gasteiger partial charge in [-0.25, -0.2) is 0 Å². The maximum atomic E-state index is 10.8. The molecule has 4 saturated carbocycles. The molecular weight excluding hydrogens is 292 g/mol. The fourth-order valence-corrected chi connectivity index (χ4v) is 7.81. The van der Waals surface area contributed by atoms with Crippen LogP contribution in [-0.2, 0) is 0 Å². The SMILES string of the molecule is C/C=C1/CCC[C@H]2[C@@H]3CC[C@H]4C[C@@](O)(CC)CC[C@@H]4[C@H]3CC[C@]12C. The highest BCUT2D eigenvalue weighted by Gasteiger charge is 2.54. The molecule has 4 aliphatic carbocycles. The first-order valence-electron chi connectivity index (χ1n) is 10.9. The Bertz CT molecular complexity index is 508. The summed E-state index contributed by atoms with van der Waals surface area (Å²) in [6.07, 6.45) is 16.9. The maximum absolute atomic E-state index is 10.8. The van der Waals surface area contributed by atoms with E-state index in [1.54, 1.807) is 5.57 Å². The fourth-order valence-electron chi connectivity index (χ4n) is 7.81. The normalized spacial score (nSPS) is 53.2. The molecule has 0 aromatic rings. The van der Waals surface area contributed by atoms with Crippen molar-refractivity contribution in [3.8, 4) is 0 Å². The number of fused-ring (bicyclic) bond motifs is 5. The summed E-state index contributed by atoms with van der Waals surface area (Å²) in [6, 6.07) is 0. The van der Waals surface area contributed by atoms with Crippen LogP contribution in [0.2, 0.25) is 0 Å². The molecule has 0 aliphatic heterocycles. The van der Waals surface area contributed by atoms with E-state index in [0.29, 0.717) is 5.41 Å². The average Bonchev–Trinajstić information content (AvgIpc) is 2.60. The van der Waals surface area contributed by atoms with Gasteiger partial charge in [-0.05, 0) is 113 Å². The zero-order chi connectivity index (χ0) is 16.9. The van der Waals surface area contributed by atoms with E-state index in [0.717, 1.165) is 48.9 Å². The average molecular weight is 331 g/mol. The van der Waals surface area contributed by atoms with Gasteiger partial charge in [0.25, 0.3) is 0 Å². The van der Waals surface area contributed by atoms with Crippen molar-refractivity contribution in [1.82, 2.24) is 0 Å². The molecule has 4 fully saturated rings. The monoisotopic (exact) mass is 330 g/mol. The lowest BCUT2D eigenvalue weighted by molar-refractivity contribution is -0.106. The third kappa shape index (κ3) is 2.52. The van der Waals surface area contributed by atoms with Crippen LogP contribution >= 0.6 is 0 Å². The molecule has 1 heteroatoms. The van der Waals surface area contributed by atoms with E-state index in [9.17, 15) is 5.11 Å². The van der Waals surface area contributed by atoms with Crippen molar-refractivity contribution in [3.63, 3.8) is 0 Å². The largest absolute Gasteiger partial charge is 0.390 e. The number of hydrogen-bond donors (Lipinski definition) is 1. The van der Waals surface area contributed by atoms with Crippen LogP contribution in [0.3, 0.4) is 0 Å². The lowest BCUT2D eigenvalue weighted by atomic mass is 9.46. The topological polar surface area (TPSA) is 20.2 Å².